The van der Waals surface area contributed by atoms with E-state index in [1.165, 1.54) is 11.6 Å². The van der Waals surface area contributed by atoms with Crippen molar-refractivity contribution in [3.05, 3.63) is 53.8 Å². The molecule has 1 aromatic heterocycles. The number of methoxy groups -OCH3 is 2. The highest BCUT2D eigenvalue weighted by Gasteiger charge is 2.23. The third kappa shape index (κ3) is 3.70. The first-order valence-electron chi connectivity index (χ1n) is 8.93. The molecule has 0 unspecified atom stereocenters. The highest BCUT2D eigenvalue weighted by atomic mass is 32.2. The molecule has 146 valence electrons. The molecule has 28 heavy (non-hydrogen) atoms. The van der Waals surface area contributed by atoms with Crippen molar-refractivity contribution in [1.29, 1.82) is 0 Å². The van der Waals surface area contributed by atoms with Crippen molar-refractivity contribution < 1.29 is 13.9 Å². The molecule has 8 heteroatoms. The van der Waals surface area contributed by atoms with Crippen LogP contribution in [-0.4, -0.2) is 46.3 Å². The van der Waals surface area contributed by atoms with E-state index in [0.29, 0.717) is 18.1 Å². The fraction of sp³-hybridized carbons (Fsp3) is 0.300. The van der Waals surface area contributed by atoms with Crippen LogP contribution >= 0.6 is 11.8 Å². The van der Waals surface area contributed by atoms with Crippen LogP contribution in [0.5, 0.6) is 11.5 Å². The summed E-state index contributed by atoms with van der Waals surface area (Å²) in [7, 11) is 3.27. The molecule has 0 saturated carbocycles. The van der Waals surface area contributed by atoms with Crippen LogP contribution < -0.4 is 9.47 Å². The van der Waals surface area contributed by atoms with Crippen LogP contribution in [0.3, 0.4) is 0 Å². The zero-order valence-electron chi connectivity index (χ0n) is 15.8. The Morgan fingerprint density at radius 2 is 1.89 bits per heavy atom. The Bertz CT molecular complexity index is 979. The lowest BCUT2D eigenvalue weighted by Crippen LogP contribution is -2.32. The van der Waals surface area contributed by atoms with E-state index in [-0.39, 0.29) is 5.82 Å². The molecule has 4 rings (SSSR count). The third-order valence-electron chi connectivity index (χ3n) is 4.71. The predicted molar refractivity (Wildman–Crippen MR) is 106 cm³/mol. The monoisotopic (exact) mass is 400 g/mol. The largest absolute Gasteiger partial charge is 0.493 e. The lowest BCUT2D eigenvalue weighted by Gasteiger charge is -2.27. The minimum atomic E-state index is -0.287. The smallest absolute Gasteiger partial charge is 0.193 e. The van der Waals surface area contributed by atoms with E-state index >= 15 is 0 Å². The molecular weight excluding hydrogens is 379 g/mol. The van der Waals surface area contributed by atoms with Crippen molar-refractivity contribution in [3.8, 4) is 22.9 Å². The van der Waals surface area contributed by atoms with Crippen LogP contribution in [0.15, 0.2) is 47.6 Å². The Morgan fingerprint density at radius 3 is 2.68 bits per heavy atom. The van der Waals surface area contributed by atoms with Gasteiger partial charge in [-0.25, -0.2) is 4.39 Å². The van der Waals surface area contributed by atoms with E-state index in [1.54, 1.807) is 38.1 Å². The van der Waals surface area contributed by atoms with Crippen molar-refractivity contribution in [2.75, 3.05) is 26.6 Å². The van der Waals surface area contributed by atoms with Gasteiger partial charge < -0.3 is 9.47 Å². The van der Waals surface area contributed by atoms with Crippen molar-refractivity contribution in [2.24, 2.45) is 0 Å². The van der Waals surface area contributed by atoms with Crippen molar-refractivity contribution >= 4 is 11.8 Å². The first-order chi connectivity index (χ1) is 13.7. The number of fused-ring (bicyclic) bond motifs is 1. The maximum atomic E-state index is 14.2. The number of halogens is 1. The van der Waals surface area contributed by atoms with Gasteiger partial charge in [-0.1, -0.05) is 30.0 Å². The molecule has 0 bridgehead atoms. The normalized spacial score (nSPS) is 14.0. The first-order valence-corrected chi connectivity index (χ1v) is 9.92. The molecule has 0 radical (unpaired) electrons. The molecule has 6 nitrogen and oxygen atoms in total. The van der Waals surface area contributed by atoms with Crippen LogP contribution in [0.25, 0.3) is 11.4 Å². The van der Waals surface area contributed by atoms with Gasteiger partial charge in [-0.15, -0.1) is 10.2 Å². The Morgan fingerprint density at radius 1 is 1.07 bits per heavy atom. The van der Waals surface area contributed by atoms with Gasteiger partial charge >= 0.3 is 0 Å². The zero-order valence-corrected chi connectivity index (χ0v) is 16.6. The van der Waals surface area contributed by atoms with Gasteiger partial charge in [0.1, 0.15) is 5.82 Å². The van der Waals surface area contributed by atoms with Gasteiger partial charge in [0.25, 0.3) is 0 Å². The Balaban J connectivity index is 1.48. The van der Waals surface area contributed by atoms with E-state index in [0.717, 1.165) is 35.5 Å². The summed E-state index contributed by atoms with van der Waals surface area (Å²) in [5.41, 5.74) is 1.65. The summed E-state index contributed by atoms with van der Waals surface area (Å²) in [6.45, 7) is 1.49. The molecule has 0 aliphatic carbocycles. The van der Waals surface area contributed by atoms with E-state index in [4.69, 9.17) is 9.47 Å². The van der Waals surface area contributed by atoms with Gasteiger partial charge in [-0.3, -0.25) is 9.47 Å². The molecule has 3 aromatic rings. The number of hydrogen-bond acceptors (Lipinski definition) is 6. The maximum Gasteiger partial charge on any atom is 0.193 e. The molecule has 0 atom stereocenters. The fourth-order valence-electron chi connectivity index (χ4n) is 3.21. The van der Waals surface area contributed by atoms with Gasteiger partial charge in [-0.2, -0.15) is 0 Å². The minimum absolute atomic E-state index is 0.287. The molecular formula is C20H21FN4O2S. The first kappa shape index (κ1) is 18.8. The number of rotatable bonds is 6. The molecule has 2 aromatic carbocycles. The van der Waals surface area contributed by atoms with Gasteiger partial charge in [-0.05, 0) is 36.2 Å². The molecule has 0 spiro atoms. The molecule has 1 aliphatic rings. The molecule has 0 saturated heterocycles. The maximum absolute atomic E-state index is 14.2. The van der Waals surface area contributed by atoms with E-state index in [1.807, 2.05) is 28.8 Å². The zero-order chi connectivity index (χ0) is 19.5. The quantitative estimate of drug-likeness (QED) is 0.629. The Hall–Kier alpha value is -2.58. The second-order valence-electron chi connectivity index (χ2n) is 6.46. The fourth-order valence-corrected chi connectivity index (χ4v) is 4.12. The second-order valence-corrected chi connectivity index (χ2v) is 7.37. The second kappa shape index (κ2) is 8.20. The summed E-state index contributed by atoms with van der Waals surface area (Å²) in [6, 6.07) is 12.6. The highest BCUT2D eigenvalue weighted by molar-refractivity contribution is 7.99. The number of aromatic nitrogens is 3. The van der Waals surface area contributed by atoms with Gasteiger partial charge in [0, 0.05) is 6.54 Å². The third-order valence-corrected chi connectivity index (χ3v) is 5.77. The van der Waals surface area contributed by atoms with Crippen LogP contribution in [0.1, 0.15) is 5.56 Å². The summed E-state index contributed by atoms with van der Waals surface area (Å²) < 4.78 is 26.8. The lowest BCUT2D eigenvalue weighted by molar-refractivity contribution is 0.242. The SMILES string of the molecule is COc1ccc(CCN2CSc3nnc(-c4ccccc4F)n3C2)cc1OC. The van der Waals surface area contributed by atoms with E-state index in [9.17, 15) is 4.39 Å². The van der Waals surface area contributed by atoms with Crippen molar-refractivity contribution in [2.45, 2.75) is 18.2 Å². The van der Waals surface area contributed by atoms with Gasteiger partial charge in [0.2, 0.25) is 0 Å². The molecule has 0 amide bonds. The van der Waals surface area contributed by atoms with E-state index < -0.39 is 0 Å². The standard InChI is InChI=1S/C20H21FN4O2S/c1-26-17-8-7-14(11-18(17)27-2)9-10-24-12-25-19(22-23-20(25)28-13-24)15-5-3-4-6-16(15)21/h3-8,11H,9-10,12-13H2,1-2H3. The molecule has 1 aliphatic heterocycles. The number of benzene rings is 2. The lowest BCUT2D eigenvalue weighted by atomic mass is 10.1. The molecule has 2 heterocycles. The average Bonchev–Trinajstić information content (AvgIpc) is 3.15. The number of ether oxygens (including phenoxy) is 2. The van der Waals surface area contributed by atoms with Gasteiger partial charge in [0.15, 0.2) is 22.5 Å². The van der Waals surface area contributed by atoms with Crippen molar-refractivity contribution in [1.82, 2.24) is 19.7 Å². The van der Waals surface area contributed by atoms with Crippen LogP contribution in [0, 0.1) is 5.82 Å². The van der Waals surface area contributed by atoms with Crippen molar-refractivity contribution in [3.63, 3.8) is 0 Å². The summed E-state index contributed by atoms with van der Waals surface area (Å²) in [5, 5.41) is 9.26. The van der Waals surface area contributed by atoms with Gasteiger partial charge in [0.05, 0.1) is 32.3 Å². The average molecular weight is 400 g/mol. The number of thioether (sulfide) groups is 1. The number of hydrogen-bond donors (Lipinski definition) is 0. The molecule has 0 fully saturated rings. The van der Waals surface area contributed by atoms with Crippen LogP contribution in [-0.2, 0) is 13.1 Å². The highest BCUT2D eigenvalue weighted by Crippen LogP contribution is 2.31. The Labute approximate surface area is 167 Å². The van der Waals surface area contributed by atoms with E-state index in [2.05, 4.69) is 15.1 Å². The molecule has 0 N–H and O–H groups in total. The summed E-state index contributed by atoms with van der Waals surface area (Å²) in [5.74, 6) is 2.56. The summed E-state index contributed by atoms with van der Waals surface area (Å²) in [6.07, 6.45) is 0.868. The minimum Gasteiger partial charge on any atom is -0.493 e. The summed E-state index contributed by atoms with van der Waals surface area (Å²) >= 11 is 1.62. The topological polar surface area (TPSA) is 52.4 Å². The Kier molecular flexibility index (Phi) is 5.50. The van der Waals surface area contributed by atoms with Crippen LogP contribution in [0.2, 0.25) is 0 Å². The van der Waals surface area contributed by atoms with Crippen LogP contribution in [0.4, 0.5) is 4.39 Å². The number of nitrogens with zero attached hydrogens (tertiary/aromatic N) is 4. The predicted octanol–water partition coefficient (Wildman–Crippen LogP) is 3.67. The summed E-state index contributed by atoms with van der Waals surface area (Å²) in [4.78, 5) is 2.29.